The lowest BCUT2D eigenvalue weighted by Crippen LogP contribution is -2.40. The molecule has 1 nitrogen and oxygen atoms in total. The van der Waals surface area contributed by atoms with Crippen molar-refractivity contribution in [3.8, 4) is 0 Å². The minimum absolute atomic E-state index is 0.628. The van der Waals surface area contributed by atoms with Crippen molar-refractivity contribution in [2.24, 2.45) is 5.92 Å². The van der Waals surface area contributed by atoms with Gasteiger partial charge in [-0.3, -0.25) is 0 Å². The number of rotatable bonds is 1. The first kappa shape index (κ1) is 7.60. The highest BCUT2D eigenvalue weighted by Gasteiger charge is 2.44. The zero-order valence-corrected chi connectivity index (χ0v) is 7.77. The molecule has 0 aromatic heterocycles. The third-order valence-corrected chi connectivity index (χ3v) is 3.92. The molecule has 0 amide bonds. The molecule has 2 fully saturated rings. The summed E-state index contributed by atoms with van der Waals surface area (Å²) in [6.07, 6.45) is 7.27. The predicted molar refractivity (Wildman–Crippen MR) is 47.6 cm³/mol. The third kappa shape index (κ3) is 1.01. The van der Waals surface area contributed by atoms with Crippen LogP contribution in [0.4, 0.5) is 0 Å². The quantitative estimate of drug-likeness (QED) is 0.558. The molecular formula is C10H19N. The molecule has 1 aliphatic carbocycles. The highest BCUT2D eigenvalue weighted by molar-refractivity contribution is 4.99. The molecule has 1 heterocycles. The fourth-order valence-corrected chi connectivity index (χ4v) is 3.14. The Balaban J connectivity index is 2.17. The van der Waals surface area contributed by atoms with Crippen molar-refractivity contribution in [1.29, 1.82) is 0 Å². The van der Waals surface area contributed by atoms with E-state index in [0.717, 1.165) is 5.92 Å². The van der Waals surface area contributed by atoms with Crippen LogP contribution in [-0.2, 0) is 0 Å². The molecule has 1 saturated carbocycles. The van der Waals surface area contributed by atoms with E-state index in [1.807, 2.05) is 0 Å². The monoisotopic (exact) mass is 153 g/mol. The van der Waals surface area contributed by atoms with E-state index in [2.05, 4.69) is 18.9 Å². The Morgan fingerprint density at radius 3 is 3.00 bits per heavy atom. The van der Waals surface area contributed by atoms with Crippen molar-refractivity contribution in [1.82, 2.24) is 4.90 Å². The number of hydrogen-bond donors (Lipinski definition) is 0. The van der Waals surface area contributed by atoms with Crippen molar-refractivity contribution in [2.45, 2.75) is 44.6 Å². The van der Waals surface area contributed by atoms with E-state index >= 15 is 0 Å². The van der Waals surface area contributed by atoms with Crippen LogP contribution in [0.25, 0.3) is 0 Å². The first-order valence-corrected chi connectivity index (χ1v) is 4.98. The summed E-state index contributed by atoms with van der Waals surface area (Å²) >= 11 is 0. The maximum atomic E-state index is 2.62. The second-order valence-corrected chi connectivity index (χ2v) is 4.42. The van der Waals surface area contributed by atoms with Crippen LogP contribution >= 0.6 is 0 Å². The van der Waals surface area contributed by atoms with Gasteiger partial charge in [-0.2, -0.15) is 0 Å². The molecule has 0 aromatic carbocycles. The second-order valence-electron chi connectivity index (χ2n) is 4.42. The zero-order chi connectivity index (χ0) is 7.90. The Hall–Kier alpha value is -0.0400. The van der Waals surface area contributed by atoms with Gasteiger partial charge in [-0.05, 0) is 38.6 Å². The third-order valence-electron chi connectivity index (χ3n) is 3.92. The molecule has 0 radical (unpaired) electrons. The van der Waals surface area contributed by atoms with E-state index in [1.165, 1.54) is 38.6 Å². The number of nitrogens with zero attached hydrogens (tertiary/aromatic N) is 1. The first-order chi connectivity index (χ1) is 5.27. The highest BCUT2D eigenvalue weighted by atomic mass is 15.2. The maximum Gasteiger partial charge on any atom is 0.0207 e. The normalized spacial score (nSPS) is 44.7. The maximum absolute atomic E-state index is 2.62. The van der Waals surface area contributed by atoms with Gasteiger partial charge >= 0.3 is 0 Å². The molecular weight excluding hydrogens is 134 g/mol. The summed E-state index contributed by atoms with van der Waals surface area (Å²) in [5.41, 5.74) is 0.628. The summed E-state index contributed by atoms with van der Waals surface area (Å²) in [4.78, 5) is 2.62. The lowest BCUT2D eigenvalue weighted by molar-refractivity contribution is 0.147. The van der Waals surface area contributed by atoms with E-state index in [9.17, 15) is 0 Å². The van der Waals surface area contributed by atoms with Gasteiger partial charge in [0.15, 0.2) is 0 Å². The summed E-state index contributed by atoms with van der Waals surface area (Å²) in [6.45, 7) is 3.72. The van der Waals surface area contributed by atoms with Crippen LogP contribution < -0.4 is 0 Å². The summed E-state index contributed by atoms with van der Waals surface area (Å²) in [6, 6.07) is 0. The van der Waals surface area contributed by atoms with Crippen LogP contribution in [0.5, 0.6) is 0 Å². The Morgan fingerprint density at radius 1 is 1.55 bits per heavy atom. The van der Waals surface area contributed by atoms with Crippen LogP contribution in [0.15, 0.2) is 0 Å². The van der Waals surface area contributed by atoms with E-state index in [1.54, 1.807) is 0 Å². The van der Waals surface area contributed by atoms with Crippen molar-refractivity contribution >= 4 is 0 Å². The molecule has 0 N–H and O–H groups in total. The molecule has 64 valence electrons. The molecule has 2 aliphatic rings. The van der Waals surface area contributed by atoms with Gasteiger partial charge in [-0.15, -0.1) is 0 Å². The summed E-state index contributed by atoms with van der Waals surface area (Å²) in [7, 11) is 2.31. The lowest BCUT2D eigenvalue weighted by Gasteiger charge is -2.37. The Labute approximate surface area is 69.8 Å². The summed E-state index contributed by atoms with van der Waals surface area (Å²) < 4.78 is 0. The van der Waals surface area contributed by atoms with Crippen LogP contribution in [0, 0.1) is 5.92 Å². The molecule has 1 heteroatoms. The fraction of sp³-hybridized carbons (Fsp3) is 1.00. The van der Waals surface area contributed by atoms with E-state index in [0.29, 0.717) is 5.54 Å². The van der Waals surface area contributed by atoms with Crippen molar-refractivity contribution in [2.75, 3.05) is 13.6 Å². The SMILES string of the molecule is CCC12CCCC(CN1C)C2. The number of likely N-dealkylation sites (tertiary alicyclic amines) is 1. The van der Waals surface area contributed by atoms with Crippen LogP contribution in [0.3, 0.4) is 0 Å². The Kier molecular flexibility index (Phi) is 1.71. The molecule has 11 heavy (non-hydrogen) atoms. The van der Waals surface area contributed by atoms with Crippen molar-refractivity contribution in [3.05, 3.63) is 0 Å². The molecule has 1 saturated heterocycles. The minimum Gasteiger partial charge on any atom is -0.300 e. The van der Waals surface area contributed by atoms with Crippen molar-refractivity contribution < 1.29 is 0 Å². The first-order valence-electron chi connectivity index (χ1n) is 4.98. The topological polar surface area (TPSA) is 3.24 Å². The van der Waals surface area contributed by atoms with Crippen molar-refractivity contribution in [3.63, 3.8) is 0 Å². The second kappa shape index (κ2) is 2.48. The Bertz CT molecular complexity index is 155. The zero-order valence-electron chi connectivity index (χ0n) is 7.77. The van der Waals surface area contributed by atoms with Gasteiger partial charge in [0.05, 0.1) is 0 Å². The molecule has 0 spiro atoms. The lowest BCUT2D eigenvalue weighted by atomic mass is 9.78. The van der Waals surface area contributed by atoms with Gasteiger partial charge in [-0.1, -0.05) is 13.3 Å². The fourth-order valence-electron chi connectivity index (χ4n) is 3.14. The molecule has 2 atom stereocenters. The number of hydrogen-bond acceptors (Lipinski definition) is 1. The van der Waals surface area contributed by atoms with Gasteiger partial charge < -0.3 is 4.90 Å². The standard InChI is InChI=1S/C10H19N/c1-3-10-6-4-5-9(7-10)8-11(10)2/h9H,3-8H2,1-2H3. The highest BCUT2D eigenvalue weighted by Crippen LogP contribution is 2.44. The van der Waals surface area contributed by atoms with Gasteiger partial charge in [0.2, 0.25) is 0 Å². The molecule has 0 aromatic rings. The van der Waals surface area contributed by atoms with Crippen LogP contribution in [0.1, 0.15) is 39.0 Å². The molecule has 2 unspecified atom stereocenters. The predicted octanol–water partition coefficient (Wildman–Crippen LogP) is 2.27. The minimum atomic E-state index is 0.628. The van der Waals surface area contributed by atoms with E-state index in [-0.39, 0.29) is 0 Å². The number of fused-ring (bicyclic) bond motifs is 2. The molecule has 1 aliphatic heterocycles. The van der Waals surface area contributed by atoms with Gasteiger partial charge in [0, 0.05) is 12.1 Å². The Morgan fingerprint density at radius 2 is 2.36 bits per heavy atom. The van der Waals surface area contributed by atoms with Crippen LogP contribution in [0.2, 0.25) is 0 Å². The molecule has 2 rings (SSSR count). The average Bonchev–Trinajstić information content (AvgIpc) is 2.24. The average molecular weight is 153 g/mol. The van der Waals surface area contributed by atoms with Crippen LogP contribution in [-0.4, -0.2) is 24.0 Å². The molecule has 2 bridgehead atoms. The van der Waals surface area contributed by atoms with Gasteiger partial charge in [-0.25, -0.2) is 0 Å². The smallest absolute Gasteiger partial charge is 0.0207 e. The van der Waals surface area contributed by atoms with E-state index in [4.69, 9.17) is 0 Å². The largest absolute Gasteiger partial charge is 0.300 e. The summed E-state index contributed by atoms with van der Waals surface area (Å²) in [5, 5.41) is 0. The van der Waals surface area contributed by atoms with Gasteiger partial charge in [0.1, 0.15) is 0 Å². The van der Waals surface area contributed by atoms with E-state index < -0.39 is 0 Å². The summed E-state index contributed by atoms with van der Waals surface area (Å²) in [5.74, 6) is 1.04. The van der Waals surface area contributed by atoms with Gasteiger partial charge in [0.25, 0.3) is 0 Å².